The predicted octanol–water partition coefficient (Wildman–Crippen LogP) is 3.86. The standard InChI is InChI=1S/C13H18F11NO4Si/c1-4-29-30(27-2,28-3)7-5-6-25-8(26)9(14,15)10(16,17)11(18,19)12(20,21)13(22,23)24/h4-7H2,1-3H3,(H,25,26). The van der Waals surface area contributed by atoms with E-state index in [0.717, 1.165) is 5.32 Å². The van der Waals surface area contributed by atoms with Crippen LogP contribution in [0.5, 0.6) is 0 Å². The molecule has 0 fully saturated rings. The van der Waals surface area contributed by atoms with Crippen LogP contribution in [0.3, 0.4) is 0 Å². The predicted molar refractivity (Wildman–Crippen MR) is 79.7 cm³/mol. The van der Waals surface area contributed by atoms with E-state index in [1.165, 1.54) is 14.2 Å². The first-order valence-corrected chi connectivity index (χ1v) is 9.85. The van der Waals surface area contributed by atoms with E-state index >= 15 is 0 Å². The molecule has 0 saturated heterocycles. The molecule has 0 aromatic rings. The van der Waals surface area contributed by atoms with Gasteiger partial charge in [0.1, 0.15) is 0 Å². The molecule has 30 heavy (non-hydrogen) atoms. The molecule has 0 unspecified atom stereocenters. The van der Waals surface area contributed by atoms with Crippen molar-refractivity contribution in [2.45, 2.75) is 49.3 Å². The van der Waals surface area contributed by atoms with Crippen LogP contribution >= 0.6 is 0 Å². The number of rotatable bonds is 12. The summed E-state index contributed by atoms with van der Waals surface area (Å²) in [4.78, 5) is 11.2. The quantitative estimate of drug-likeness (QED) is 0.257. The maximum atomic E-state index is 13.5. The Kier molecular flexibility index (Phi) is 9.14. The van der Waals surface area contributed by atoms with Crippen molar-refractivity contribution in [3.8, 4) is 0 Å². The summed E-state index contributed by atoms with van der Waals surface area (Å²) in [5.74, 6) is -32.4. The molecule has 0 rings (SSSR count). The van der Waals surface area contributed by atoms with Gasteiger partial charge in [-0.2, -0.15) is 48.3 Å². The Morgan fingerprint density at radius 3 is 1.67 bits per heavy atom. The zero-order valence-electron chi connectivity index (χ0n) is 15.6. The maximum Gasteiger partial charge on any atom is 0.500 e. The van der Waals surface area contributed by atoms with Gasteiger partial charge in [-0.15, -0.1) is 0 Å². The lowest BCUT2D eigenvalue weighted by Gasteiger charge is -2.36. The van der Waals surface area contributed by atoms with Crippen LogP contribution in [-0.4, -0.2) is 71.9 Å². The minimum Gasteiger partial charge on any atom is -0.377 e. The second-order valence-electron chi connectivity index (χ2n) is 5.68. The molecule has 0 bridgehead atoms. The van der Waals surface area contributed by atoms with E-state index in [1.807, 2.05) is 0 Å². The molecule has 1 amide bonds. The molecular formula is C13H18F11NO4Si. The van der Waals surface area contributed by atoms with Gasteiger partial charge >= 0.3 is 38.7 Å². The number of carbonyl (C=O) groups is 1. The first-order valence-electron chi connectivity index (χ1n) is 7.91. The number of amides is 1. The molecule has 0 saturated carbocycles. The molecule has 0 aliphatic carbocycles. The lowest BCUT2D eigenvalue weighted by Crippen LogP contribution is -2.69. The third-order valence-electron chi connectivity index (χ3n) is 3.76. The van der Waals surface area contributed by atoms with Gasteiger partial charge in [0.05, 0.1) is 0 Å². The fourth-order valence-corrected chi connectivity index (χ4v) is 4.03. The molecular weight excluding hydrogens is 471 g/mol. The summed E-state index contributed by atoms with van der Waals surface area (Å²) < 4.78 is 157. The number of carbonyl (C=O) groups excluding carboxylic acids is 1. The third kappa shape index (κ3) is 5.16. The molecule has 0 spiro atoms. The highest BCUT2D eigenvalue weighted by Crippen LogP contribution is 2.57. The van der Waals surface area contributed by atoms with Crippen molar-refractivity contribution in [2.24, 2.45) is 0 Å². The van der Waals surface area contributed by atoms with Gasteiger partial charge in [-0.1, -0.05) is 0 Å². The summed E-state index contributed by atoms with van der Waals surface area (Å²) in [6, 6.07) is -0.168. The Morgan fingerprint density at radius 2 is 1.30 bits per heavy atom. The fourth-order valence-electron chi connectivity index (χ4n) is 2.03. The molecule has 17 heteroatoms. The molecule has 0 aromatic heterocycles. The first kappa shape index (κ1) is 28.8. The van der Waals surface area contributed by atoms with Crippen LogP contribution in [-0.2, 0) is 18.1 Å². The summed E-state index contributed by atoms with van der Waals surface area (Å²) in [5, 5.41) is 1.08. The van der Waals surface area contributed by atoms with E-state index in [1.54, 1.807) is 6.92 Å². The van der Waals surface area contributed by atoms with Crippen LogP contribution in [0.25, 0.3) is 0 Å². The monoisotopic (exact) mass is 489 g/mol. The molecule has 0 radical (unpaired) electrons. The Bertz CT molecular complexity index is 582. The molecule has 0 aliphatic rings. The largest absolute Gasteiger partial charge is 0.500 e. The first-order chi connectivity index (χ1) is 13.3. The van der Waals surface area contributed by atoms with Gasteiger partial charge in [0.15, 0.2) is 0 Å². The van der Waals surface area contributed by atoms with E-state index < -0.39 is 51.1 Å². The van der Waals surface area contributed by atoms with E-state index in [2.05, 4.69) is 0 Å². The van der Waals surface area contributed by atoms with E-state index in [9.17, 15) is 53.1 Å². The highest BCUT2D eigenvalue weighted by atomic mass is 28.4. The SMILES string of the molecule is CCO[Si](CCCNC(=O)C(F)(F)C(F)(F)C(F)(F)C(F)(F)C(F)(F)F)(OC)OC. The second kappa shape index (κ2) is 9.52. The van der Waals surface area contributed by atoms with Crippen molar-refractivity contribution < 1.29 is 66.4 Å². The van der Waals surface area contributed by atoms with Crippen molar-refractivity contribution in [1.29, 1.82) is 0 Å². The van der Waals surface area contributed by atoms with Crippen LogP contribution in [0.4, 0.5) is 48.3 Å². The fraction of sp³-hybridized carbons (Fsp3) is 0.923. The number of hydrogen-bond acceptors (Lipinski definition) is 4. The number of alkyl halides is 11. The average molecular weight is 489 g/mol. The van der Waals surface area contributed by atoms with Crippen LogP contribution in [0.2, 0.25) is 6.04 Å². The number of hydrogen-bond donors (Lipinski definition) is 1. The topological polar surface area (TPSA) is 56.8 Å². The molecule has 180 valence electrons. The van der Waals surface area contributed by atoms with Crippen molar-refractivity contribution in [1.82, 2.24) is 5.32 Å². The zero-order chi connectivity index (χ0) is 24.2. The van der Waals surface area contributed by atoms with Gasteiger partial charge in [0, 0.05) is 33.4 Å². The Balaban J connectivity index is 5.37. The normalized spacial score (nSPS) is 14.7. The molecule has 0 aromatic carbocycles. The second-order valence-corrected chi connectivity index (χ2v) is 8.65. The van der Waals surface area contributed by atoms with Gasteiger partial charge in [0.25, 0.3) is 5.91 Å². The van der Waals surface area contributed by atoms with Gasteiger partial charge in [-0.25, -0.2) is 0 Å². The van der Waals surface area contributed by atoms with E-state index in [0.29, 0.717) is 0 Å². The van der Waals surface area contributed by atoms with Gasteiger partial charge in [-0.3, -0.25) is 4.79 Å². The highest BCUT2D eigenvalue weighted by Gasteiger charge is 2.88. The molecule has 5 nitrogen and oxygen atoms in total. The van der Waals surface area contributed by atoms with E-state index in [-0.39, 0.29) is 19.1 Å². The van der Waals surface area contributed by atoms with Gasteiger partial charge in [0.2, 0.25) is 0 Å². The smallest absolute Gasteiger partial charge is 0.377 e. The van der Waals surface area contributed by atoms with Crippen molar-refractivity contribution in [3.05, 3.63) is 0 Å². The van der Waals surface area contributed by atoms with E-state index in [4.69, 9.17) is 13.3 Å². The summed E-state index contributed by atoms with van der Waals surface area (Å²) in [6.45, 7) is 0.744. The van der Waals surface area contributed by atoms with Crippen molar-refractivity contribution >= 4 is 14.7 Å². The lowest BCUT2D eigenvalue weighted by atomic mass is 9.97. The number of nitrogens with one attached hydrogen (secondary N) is 1. The lowest BCUT2D eigenvalue weighted by molar-refractivity contribution is -0.417. The molecule has 0 atom stereocenters. The maximum absolute atomic E-state index is 13.5. The summed E-state index contributed by atoms with van der Waals surface area (Å²) in [7, 11) is -0.968. The summed E-state index contributed by atoms with van der Waals surface area (Å²) in [6.07, 6.45) is -7.63. The van der Waals surface area contributed by atoms with Crippen LogP contribution in [0, 0.1) is 0 Å². The Labute approximate surface area is 164 Å². The van der Waals surface area contributed by atoms with Crippen LogP contribution in [0.15, 0.2) is 0 Å². The van der Waals surface area contributed by atoms with Crippen LogP contribution in [0.1, 0.15) is 13.3 Å². The molecule has 0 aliphatic heterocycles. The molecule has 1 N–H and O–H groups in total. The van der Waals surface area contributed by atoms with Crippen molar-refractivity contribution in [3.63, 3.8) is 0 Å². The summed E-state index contributed by atoms with van der Waals surface area (Å²) >= 11 is 0. The Hall–Kier alpha value is -1.20. The number of halogens is 11. The highest BCUT2D eigenvalue weighted by molar-refractivity contribution is 6.60. The summed E-state index contributed by atoms with van der Waals surface area (Å²) in [5.41, 5.74) is 0. The zero-order valence-corrected chi connectivity index (χ0v) is 16.6. The van der Waals surface area contributed by atoms with Gasteiger partial charge < -0.3 is 18.6 Å². The van der Waals surface area contributed by atoms with Crippen molar-refractivity contribution in [2.75, 3.05) is 27.4 Å². The minimum atomic E-state index is -7.64. The average Bonchev–Trinajstić information content (AvgIpc) is 2.62. The third-order valence-corrected chi connectivity index (χ3v) is 6.69. The minimum absolute atomic E-state index is 0.0903. The Morgan fingerprint density at radius 1 is 0.833 bits per heavy atom. The molecule has 0 heterocycles. The van der Waals surface area contributed by atoms with Crippen LogP contribution < -0.4 is 5.32 Å². The van der Waals surface area contributed by atoms with Gasteiger partial charge in [-0.05, 0) is 13.3 Å².